The number of hydrogen-bond donors (Lipinski definition) is 2. The lowest BCUT2D eigenvalue weighted by atomic mass is 10.1. The highest BCUT2D eigenvalue weighted by Crippen LogP contribution is 2.47. The van der Waals surface area contributed by atoms with Gasteiger partial charge in [-0.2, -0.15) is 17.5 Å². The topological polar surface area (TPSA) is 50.9 Å². The highest BCUT2D eigenvalue weighted by atomic mass is 32.1. The first-order valence-electron chi connectivity index (χ1n) is 6.60. The largest absolute Gasteiger partial charge is 0.416 e. The van der Waals surface area contributed by atoms with Crippen molar-refractivity contribution in [2.75, 3.05) is 11.1 Å². The molecule has 0 radical (unpaired) electrons. The van der Waals surface area contributed by atoms with Crippen molar-refractivity contribution >= 4 is 22.4 Å². The predicted octanol–water partition coefficient (Wildman–Crippen LogP) is 4.23. The molecule has 1 saturated carbocycles. The van der Waals surface area contributed by atoms with Gasteiger partial charge >= 0.3 is 6.18 Å². The monoisotopic (exact) mass is 313 g/mol. The first-order valence-corrected chi connectivity index (χ1v) is 7.37. The third kappa shape index (κ3) is 3.12. The molecule has 0 amide bonds. The number of aromatic nitrogens is 1. The summed E-state index contributed by atoms with van der Waals surface area (Å²) in [5, 5.41) is 4.15. The van der Waals surface area contributed by atoms with Gasteiger partial charge in [0, 0.05) is 12.1 Å². The van der Waals surface area contributed by atoms with Crippen molar-refractivity contribution in [2.45, 2.75) is 31.5 Å². The molecule has 1 heterocycles. The fourth-order valence-electron chi connectivity index (χ4n) is 2.20. The van der Waals surface area contributed by atoms with Gasteiger partial charge in [-0.05, 0) is 48.0 Å². The van der Waals surface area contributed by atoms with Crippen molar-refractivity contribution in [3.63, 3.8) is 0 Å². The molecule has 2 aromatic rings. The minimum absolute atomic E-state index is 0.458. The molecule has 3 nitrogen and oxygen atoms in total. The van der Waals surface area contributed by atoms with Gasteiger partial charge in [0.25, 0.3) is 0 Å². The Hall–Kier alpha value is -1.76. The van der Waals surface area contributed by atoms with Crippen molar-refractivity contribution in [2.24, 2.45) is 0 Å². The van der Waals surface area contributed by atoms with Crippen molar-refractivity contribution < 1.29 is 13.2 Å². The van der Waals surface area contributed by atoms with Crippen LogP contribution in [0.2, 0.25) is 0 Å². The Kier molecular flexibility index (Phi) is 3.52. The van der Waals surface area contributed by atoms with Crippen molar-refractivity contribution in [3.8, 4) is 0 Å². The van der Waals surface area contributed by atoms with E-state index in [0.717, 1.165) is 41.1 Å². The van der Waals surface area contributed by atoms with Crippen LogP contribution in [0.25, 0.3) is 0 Å². The fraction of sp³-hybridized carbons (Fsp3) is 0.357. The second-order valence-corrected chi connectivity index (χ2v) is 5.91. The van der Waals surface area contributed by atoms with Gasteiger partial charge < -0.3 is 11.1 Å². The zero-order chi connectivity index (χ0) is 15.0. The molecule has 7 heteroatoms. The maximum Gasteiger partial charge on any atom is 0.416 e. The Balaban J connectivity index is 1.68. The SMILES string of the molecule is Nc1nsc(NCc2ccc(C(F)(F)F)cc2)c1C1CC1. The number of benzene rings is 1. The minimum atomic E-state index is -4.29. The molecule has 3 N–H and O–H groups in total. The molecule has 1 fully saturated rings. The summed E-state index contributed by atoms with van der Waals surface area (Å²) in [4.78, 5) is 0. The molecule has 0 unspecified atom stereocenters. The Bertz CT molecular complexity index is 630. The van der Waals surface area contributed by atoms with E-state index < -0.39 is 11.7 Å². The summed E-state index contributed by atoms with van der Waals surface area (Å²) in [5.41, 5.74) is 7.07. The maximum absolute atomic E-state index is 12.5. The van der Waals surface area contributed by atoms with Gasteiger partial charge in [0.15, 0.2) is 0 Å². The number of nitrogens with zero attached hydrogens (tertiary/aromatic N) is 1. The first kappa shape index (κ1) is 14.2. The molecule has 1 aromatic heterocycles. The van der Waals surface area contributed by atoms with Crippen LogP contribution in [0.15, 0.2) is 24.3 Å². The smallest absolute Gasteiger partial charge is 0.383 e. The number of nitrogens with two attached hydrogens (primary N) is 1. The van der Waals surface area contributed by atoms with E-state index in [1.54, 1.807) is 0 Å². The number of rotatable bonds is 4. The summed E-state index contributed by atoms with van der Waals surface area (Å²) < 4.78 is 41.6. The summed E-state index contributed by atoms with van der Waals surface area (Å²) in [6.45, 7) is 0.458. The van der Waals surface area contributed by atoms with E-state index in [9.17, 15) is 13.2 Å². The lowest BCUT2D eigenvalue weighted by Crippen LogP contribution is -2.05. The van der Waals surface area contributed by atoms with Gasteiger partial charge in [-0.1, -0.05) is 12.1 Å². The molecule has 0 aliphatic heterocycles. The summed E-state index contributed by atoms with van der Waals surface area (Å²) in [7, 11) is 0. The Morgan fingerprint density at radius 2 is 1.90 bits per heavy atom. The number of anilines is 2. The molecule has 1 aromatic carbocycles. The summed E-state index contributed by atoms with van der Waals surface area (Å²) in [6, 6.07) is 5.16. The van der Waals surface area contributed by atoms with E-state index in [1.165, 1.54) is 23.7 Å². The molecule has 3 rings (SSSR count). The Labute approximate surface area is 124 Å². The van der Waals surface area contributed by atoms with E-state index in [-0.39, 0.29) is 0 Å². The van der Waals surface area contributed by atoms with Gasteiger partial charge in [-0.25, -0.2) is 0 Å². The van der Waals surface area contributed by atoms with Crippen LogP contribution in [0.4, 0.5) is 24.0 Å². The molecular weight excluding hydrogens is 299 g/mol. The Morgan fingerprint density at radius 3 is 2.48 bits per heavy atom. The highest BCUT2D eigenvalue weighted by molar-refractivity contribution is 7.10. The summed E-state index contributed by atoms with van der Waals surface area (Å²) in [5.74, 6) is 1.05. The summed E-state index contributed by atoms with van der Waals surface area (Å²) >= 11 is 1.31. The molecule has 112 valence electrons. The minimum Gasteiger partial charge on any atom is -0.383 e. The molecule has 0 atom stereocenters. The van der Waals surface area contributed by atoms with Crippen LogP contribution in [0.1, 0.15) is 35.4 Å². The van der Waals surface area contributed by atoms with Crippen LogP contribution in [-0.4, -0.2) is 4.37 Å². The number of hydrogen-bond acceptors (Lipinski definition) is 4. The normalized spacial score (nSPS) is 15.2. The molecule has 21 heavy (non-hydrogen) atoms. The quantitative estimate of drug-likeness (QED) is 0.888. The second-order valence-electron chi connectivity index (χ2n) is 5.13. The number of alkyl halides is 3. The standard InChI is InChI=1S/C14H14F3N3S/c15-14(16,17)10-5-1-8(2-6-10)7-19-13-11(9-3-4-9)12(18)20-21-13/h1-2,5-6,9,19H,3-4,7H2,(H2,18,20). The van der Waals surface area contributed by atoms with Crippen LogP contribution < -0.4 is 11.1 Å². The van der Waals surface area contributed by atoms with Crippen LogP contribution >= 0.6 is 11.5 Å². The zero-order valence-corrected chi connectivity index (χ0v) is 11.9. The van der Waals surface area contributed by atoms with Gasteiger partial charge in [0.1, 0.15) is 10.8 Å². The molecule has 1 aliphatic rings. The maximum atomic E-state index is 12.5. The van der Waals surface area contributed by atoms with E-state index in [2.05, 4.69) is 9.69 Å². The molecule has 1 aliphatic carbocycles. The highest BCUT2D eigenvalue weighted by Gasteiger charge is 2.31. The van der Waals surface area contributed by atoms with Crippen LogP contribution in [0.3, 0.4) is 0 Å². The van der Waals surface area contributed by atoms with Crippen LogP contribution in [-0.2, 0) is 12.7 Å². The van der Waals surface area contributed by atoms with E-state index in [1.807, 2.05) is 0 Å². The second kappa shape index (κ2) is 5.22. The van der Waals surface area contributed by atoms with Gasteiger partial charge in [0.2, 0.25) is 0 Å². The van der Waals surface area contributed by atoms with E-state index >= 15 is 0 Å². The molecular formula is C14H14F3N3S. The molecule has 0 spiro atoms. The van der Waals surface area contributed by atoms with Gasteiger partial charge in [0.05, 0.1) is 5.56 Å². The number of halogens is 3. The number of nitrogens with one attached hydrogen (secondary N) is 1. The number of nitrogen functional groups attached to an aromatic ring is 1. The molecule has 0 saturated heterocycles. The van der Waals surface area contributed by atoms with Crippen LogP contribution in [0, 0.1) is 0 Å². The lowest BCUT2D eigenvalue weighted by Gasteiger charge is -2.09. The third-order valence-corrected chi connectivity index (χ3v) is 4.31. The average molecular weight is 313 g/mol. The third-order valence-electron chi connectivity index (χ3n) is 3.48. The van der Waals surface area contributed by atoms with E-state index in [4.69, 9.17) is 5.73 Å². The average Bonchev–Trinajstić information content (AvgIpc) is 3.20. The Morgan fingerprint density at radius 1 is 1.24 bits per heavy atom. The predicted molar refractivity (Wildman–Crippen MR) is 77.3 cm³/mol. The van der Waals surface area contributed by atoms with Gasteiger partial charge in [-0.3, -0.25) is 0 Å². The zero-order valence-electron chi connectivity index (χ0n) is 11.1. The van der Waals surface area contributed by atoms with Crippen LogP contribution in [0.5, 0.6) is 0 Å². The first-order chi connectivity index (χ1) is 9.95. The van der Waals surface area contributed by atoms with Crippen molar-refractivity contribution in [1.29, 1.82) is 0 Å². The van der Waals surface area contributed by atoms with Crippen molar-refractivity contribution in [1.82, 2.24) is 4.37 Å². The lowest BCUT2D eigenvalue weighted by molar-refractivity contribution is -0.137. The van der Waals surface area contributed by atoms with Crippen molar-refractivity contribution in [3.05, 3.63) is 41.0 Å². The van der Waals surface area contributed by atoms with Gasteiger partial charge in [-0.15, -0.1) is 0 Å². The van der Waals surface area contributed by atoms with E-state index in [0.29, 0.717) is 18.3 Å². The fourth-order valence-corrected chi connectivity index (χ4v) is 2.99. The summed E-state index contributed by atoms with van der Waals surface area (Å²) in [6.07, 6.45) is -2.05. The molecule has 0 bridgehead atoms.